The van der Waals surface area contributed by atoms with E-state index in [9.17, 15) is 9.90 Å². The molecule has 2 unspecified atom stereocenters. The molecule has 0 fully saturated rings. The second kappa shape index (κ2) is 10.1. The Morgan fingerprint density at radius 3 is 2.35 bits per heavy atom. The molecule has 0 radical (unpaired) electrons. The van der Waals surface area contributed by atoms with Gasteiger partial charge in [-0.2, -0.15) is 0 Å². The van der Waals surface area contributed by atoms with Crippen LogP contribution in [0.3, 0.4) is 0 Å². The minimum atomic E-state index is -0.911. The van der Waals surface area contributed by atoms with E-state index in [2.05, 4.69) is 17.1 Å². The quantitative estimate of drug-likeness (QED) is 0.518. The summed E-state index contributed by atoms with van der Waals surface area (Å²) in [5.74, 6) is -0.824. The van der Waals surface area contributed by atoms with Crippen LogP contribution in [-0.4, -0.2) is 75.1 Å². The fourth-order valence-electron chi connectivity index (χ4n) is 2.19. The maximum atomic E-state index is 11.4. The fraction of sp³-hybridized carbons (Fsp3) is 0.929. The number of hydrogen-bond acceptors (Lipinski definition) is 5. The molecule has 0 rings (SSSR count). The Morgan fingerprint density at radius 2 is 1.90 bits per heavy atom. The molecule has 6 nitrogen and oxygen atoms in total. The van der Waals surface area contributed by atoms with Gasteiger partial charge in [0, 0.05) is 40.0 Å². The van der Waals surface area contributed by atoms with Gasteiger partial charge in [-0.15, -0.1) is 0 Å². The van der Waals surface area contributed by atoms with Crippen molar-refractivity contribution in [1.82, 2.24) is 10.2 Å². The lowest BCUT2D eigenvalue weighted by molar-refractivity contribution is -0.144. The first-order valence-corrected chi connectivity index (χ1v) is 7.05. The lowest BCUT2D eigenvalue weighted by Gasteiger charge is -2.34. The van der Waals surface area contributed by atoms with Gasteiger partial charge >= 0.3 is 5.97 Å². The first-order chi connectivity index (χ1) is 9.41. The van der Waals surface area contributed by atoms with E-state index in [0.717, 1.165) is 19.5 Å². The molecule has 0 aromatic carbocycles. The summed E-state index contributed by atoms with van der Waals surface area (Å²) in [6.45, 7) is 6.79. The Kier molecular flexibility index (Phi) is 9.75. The molecule has 20 heavy (non-hydrogen) atoms. The predicted octanol–water partition coefficient (Wildman–Crippen LogP) is 0.813. The highest BCUT2D eigenvalue weighted by Gasteiger charge is 2.34. The number of hydrogen-bond donors (Lipinski definition) is 2. The first-order valence-electron chi connectivity index (χ1n) is 7.05. The van der Waals surface area contributed by atoms with Crippen LogP contribution in [0.4, 0.5) is 0 Å². The molecule has 0 heterocycles. The van der Waals surface area contributed by atoms with Gasteiger partial charge in [0.1, 0.15) is 5.54 Å². The second-order valence-electron chi connectivity index (χ2n) is 5.32. The smallest absolute Gasteiger partial charge is 0.323 e. The van der Waals surface area contributed by atoms with Crippen LogP contribution in [0.15, 0.2) is 0 Å². The third kappa shape index (κ3) is 6.65. The highest BCUT2D eigenvalue weighted by molar-refractivity contribution is 5.78. The Bertz CT molecular complexity index is 276. The summed E-state index contributed by atoms with van der Waals surface area (Å²) in [7, 11) is 5.05. The standard InChI is InChI=1S/C14H30N2O4/c1-12(11-14(2,15-3)13(17)18)16(8-10-20-5)7-6-9-19-4/h12,15H,6-11H2,1-5H3,(H,17,18). The van der Waals surface area contributed by atoms with Crippen LogP contribution in [0.1, 0.15) is 26.7 Å². The predicted molar refractivity (Wildman–Crippen MR) is 79.1 cm³/mol. The number of nitrogens with one attached hydrogen (secondary N) is 1. The van der Waals surface area contributed by atoms with Gasteiger partial charge in [-0.25, -0.2) is 0 Å². The van der Waals surface area contributed by atoms with Crippen LogP contribution in [0.25, 0.3) is 0 Å². The van der Waals surface area contributed by atoms with E-state index in [1.165, 1.54) is 0 Å². The van der Waals surface area contributed by atoms with Crippen molar-refractivity contribution >= 4 is 5.97 Å². The number of aliphatic carboxylic acids is 1. The molecule has 0 saturated carbocycles. The zero-order valence-corrected chi connectivity index (χ0v) is 13.4. The van der Waals surface area contributed by atoms with Crippen LogP contribution in [0.5, 0.6) is 0 Å². The number of carbonyl (C=O) groups is 1. The number of carboxylic acid groups (broad SMARTS) is 1. The number of rotatable bonds is 12. The van der Waals surface area contributed by atoms with Crippen molar-refractivity contribution in [2.75, 3.05) is 47.6 Å². The van der Waals surface area contributed by atoms with Gasteiger partial charge in [0.25, 0.3) is 0 Å². The van der Waals surface area contributed by atoms with E-state index in [0.29, 0.717) is 19.6 Å². The van der Waals surface area contributed by atoms with Gasteiger partial charge in [-0.1, -0.05) is 0 Å². The van der Waals surface area contributed by atoms with Gasteiger partial charge in [0.15, 0.2) is 0 Å². The van der Waals surface area contributed by atoms with Crippen molar-refractivity contribution < 1.29 is 19.4 Å². The van der Waals surface area contributed by atoms with Crippen molar-refractivity contribution in [3.05, 3.63) is 0 Å². The topological polar surface area (TPSA) is 71.0 Å². The van der Waals surface area contributed by atoms with E-state index in [1.807, 2.05) is 0 Å². The van der Waals surface area contributed by atoms with Crippen molar-refractivity contribution in [1.29, 1.82) is 0 Å². The lowest BCUT2D eigenvalue weighted by atomic mass is 9.93. The minimum Gasteiger partial charge on any atom is -0.480 e. The monoisotopic (exact) mass is 290 g/mol. The molecule has 2 N–H and O–H groups in total. The molecule has 0 spiro atoms. The molecule has 0 amide bonds. The molecule has 2 atom stereocenters. The average Bonchev–Trinajstić information content (AvgIpc) is 2.42. The molecule has 0 aromatic heterocycles. The van der Waals surface area contributed by atoms with E-state index >= 15 is 0 Å². The Hall–Kier alpha value is -0.690. The molecule has 0 bridgehead atoms. The number of likely N-dealkylation sites (N-methyl/N-ethyl adjacent to an activating group) is 1. The lowest BCUT2D eigenvalue weighted by Crippen LogP contribution is -2.52. The Balaban J connectivity index is 4.57. The van der Waals surface area contributed by atoms with Crippen LogP contribution in [-0.2, 0) is 14.3 Å². The summed E-state index contributed by atoms with van der Waals surface area (Å²) in [4.78, 5) is 13.6. The summed E-state index contributed by atoms with van der Waals surface area (Å²) in [5, 5.41) is 12.2. The first kappa shape index (κ1) is 19.3. The normalized spacial score (nSPS) is 16.1. The van der Waals surface area contributed by atoms with Gasteiger partial charge in [-0.05, 0) is 33.7 Å². The molecule has 0 aromatic rings. The summed E-state index contributed by atoms with van der Waals surface area (Å²) in [6, 6.07) is 0.149. The Labute approximate surface area is 122 Å². The second-order valence-corrected chi connectivity index (χ2v) is 5.32. The van der Waals surface area contributed by atoms with E-state index in [-0.39, 0.29) is 6.04 Å². The summed E-state index contributed by atoms with van der Waals surface area (Å²) in [6.07, 6.45) is 1.46. The largest absolute Gasteiger partial charge is 0.480 e. The summed E-state index contributed by atoms with van der Waals surface area (Å²) >= 11 is 0. The molecule has 6 heteroatoms. The van der Waals surface area contributed by atoms with Gasteiger partial charge in [0.2, 0.25) is 0 Å². The van der Waals surface area contributed by atoms with Gasteiger partial charge < -0.3 is 19.9 Å². The van der Waals surface area contributed by atoms with Crippen LogP contribution >= 0.6 is 0 Å². The number of carboxylic acids is 1. The average molecular weight is 290 g/mol. The van der Waals surface area contributed by atoms with Gasteiger partial charge in [-0.3, -0.25) is 9.69 Å². The number of methoxy groups -OCH3 is 2. The van der Waals surface area contributed by atoms with Crippen LogP contribution in [0.2, 0.25) is 0 Å². The van der Waals surface area contributed by atoms with E-state index < -0.39 is 11.5 Å². The van der Waals surface area contributed by atoms with E-state index in [1.54, 1.807) is 28.2 Å². The molecule has 0 saturated heterocycles. The SMILES string of the molecule is CNC(C)(CC(C)N(CCCOC)CCOC)C(=O)O. The van der Waals surface area contributed by atoms with Crippen molar-refractivity contribution in [2.24, 2.45) is 0 Å². The molecular weight excluding hydrogens is 260 g/mol. The number of nitrogens with zero attached hydrogens (tertiary/aromatic N) is 1. The van der Waals surface area contributed by atoms with Crippen molar-refractivity contribution in [3.63, 3.8) is 0 Å². The molecular formula is C14H30N2O4. The third-order valence-electron chi connectivity index (χ3n) is 3.73. The molecule has 0 aliphatic rings. The van der Waals surface area contributed by atoms with Crippen molar-refractivity contribution in [3.8, 4) is 0 Å². The zero-order valence-electron chi connectivity index (χ0n) is 13.4. The number of ether oxygens (including phenoxy) is 2. The van der Waals surface area contributed by atoms with E-state index in [4.69, 9.17) is 9.47 Å². The Morgan fingerprint density at radius 1 is 1.30 bits per heavy atom. The highest BCUT2D eigenvalue weighted by atomic mass is 16.5. The summed E-state index contributed by atoms with van der Waals surface area (Å²) < 4.78 is 10.2. The maximum Gasteiger partial charge on any atom is 0.323 e. The van der Waals surface area contributed by atoms with Crippen LogP contribution in [0, 0.1) is 0 Å². The molecule has 0 aliphatic heterocycles. The zero-order chi connectivity index (χ0) is 15.6. The third-order valence-corrected chi connectivity index (χ3v) is 3.73. The maximum absolute atomic E-state index is 11.4. The highest BCUT2D eigenvalue weighted by Crippen LogP contribution is 2.17. The summed E-state index contributed by atoms with van der Waals surface area (Å²) in [5.41, 5.74) is -0.911. The molecule has 0 aliphatic carbocycles. The van der Waals surface area contributed by atoms with Crippen LogP contribution < -0.4 is 5.32 Å². The minimum absolute atomic E-state index is 0.149. The molecule has 120 valence electrons. The van der Waals surface area contributed by atoms with Gasteiger partial charge in [0.05, 0.1) is 6.61 Å². The fourth-order valence-corrected chi connectivity index (χ4v) is 2.19. The van der Waals surface area contributed by atoms with Crippen molar-refractivity contribution in [2.45, 2.75) is 38.3 Å².